The lowest BCUT2D eigenvalue weighted by Gasteiger charge is -2.32. The lowest BCUT2D eigenvalue weighted by Crippen LogP contribution is -2.36. The Kier molecular flexibility index (Phi) is 7.41. The third-order valence-corrected chi connectivity index (χ3v) is 4.12. The molecule has 0 aliphatic carbocycles. The number of rotatable bonds is 8. The fraction of sp³-hybridized carbons (Fsp3) is 0.875. The van der Waals surface area contributed by atoms with Gasteiger partial charge in [0, 0.05) is 19.3 Å². The van der Waals surface area contributed by atoms with Crippen LogP contribution in [0.4, 0.5) is 0 Å². The summed E-state index contributed by atoms with van der Waals surface area (Å²) in [6, 6.07) is 0. The smallest absolute Gasteiger partial charge is 0.0375 e. The van der Waals surface area contributed by atoms with Gasteiger partial charge in [-0.15, -0.1) is 0 Å². The Bertz CT molecular complexity index is 227. The zero-order chi connectivity index (χ0) is 13.4. The minimum absolute atomic E-state index is 0.874. The maximum absolute atomic E-state index is 4.01. The maximum atomic E-state index is 4.01. The van der Waals surface area contributed by atoms with Gasteiger partial charge in [0.2, 0.25) is 0 Å². The van der Waals surface area contributed by atoms with Crippen LogP contribution >= 0.6 is 0 Å². The molecule has 0 atom stereocenters. The van der Waals surface area contributed by atoms with E-state index in [1.165, 1.54) is 51.6 Å². The molecule has 0 unspecified atom stereocenters. The maximum Gasteiger partial charge on any atom is 0.0375 e. The molecule has 1 rings (SSSR count). The van der Waals surface area contributed by atoms with Crippen LogP contribution in [0, 0.1) is 11.8 Å². The molecular weight excluding hydrogens is 220 g/mol. The molecule has 1 N–H and O–H groups in total. The fourth-order valence-electron chi connectivity index (χ4n) is 2.77. The number of piperidine rings is 1. The van der Waals surface area contributed by atoms with E-state index in [2.05, 4.69) is 30.6 Å². The number of nitrogens with zero attached hydrogens (tertiary/aromatic N) is 1. The molecular formula is C16H32N2. The first-order chi connectivity index (χ1) is 8.61. The van der Waals surface area contributed by atoms with Crippen LogP contribution < -0.4 is 5.32 Å². The van der Waals surface area contributed by atoms with E-state index in [0.717, 1.165) is 24.1 Å². The molecule has 0 bridgehead atoms. The number of unbranched alkanes of at least 4 members (excludes halogenated alkanes) is 1. The first-order valence-corrected chi connectivity index (χ1v) is 7.69. The van der Waals surface area contributed by atoms with Gasteiger partial charge in [-0.25, -0.2) is 0 Å². The van der Waals surface area contributed by atoms with Crippen molar-refractivity contribution >= 4 is 0 Å². The molecule has 0 radical (unpaired) electrons. The highest BCUT2D eigenvalue weighted by Crippen LogP contribution is 2.23. The predicted octanol–water partition coefficient (Wildman–Crippen LogP) is 3.65. The van der Waals surface area contributed by atoms with E-state index in [1.807, 2.05) is 7.05 Å². The van der Waals surface area contributed by atoms with Gasteiger partial charge in [-0.3, -0.25) is 4.90 Å². The highest BCUT2D eigenvalue weighted by atomic mass is 15.1. The molecule has 0 aromatic heterocycles. The molecule has 106 valence electrons. The number of likely N-dealkylation sites (N-methyl/N-ethyl adjacent to an activating group) is 1. The molecule has 0 aromatic rings. The van der Waals surface area contributed by atoms with Crippen molar-refractivity contribution in [2.75, 3.05) is 26.7 Å². The summed E-state index contributed by atoms with van der Waals surface area (Å²) in [5.74, 6) is 1.86. The van der Waals surface area contributed by atoms with E-state index < -0.39 is 0 Å². The second kappa shape index (κ2) is 8.58. The number of hydrogen-bond donors (Lipinski definition) is 1. The summed E-state index contributed by atoms with van der Waals surface area (Å²) in [5.41, 5.74) is 1.14. The highest BCUT2D eigenvalue weighted by Gasteiger charge is 2.18. The van der Waals surface area contributed by atoms with Crippen molar-refractivity contribution in [1.82, 2.24) is 10.2 Å². The van der Waals surface area contributed by atoms with E-state index in [0.29, 0.717) is 0 Å². The molecule has 2 heteroatoms. The normalized spacial score (nSPS) is 18.2. The van der Waals surface area contributed by atoms with Gasteiger partial charge in [-0.05, 0) is 37.8 Å². The van der Waals surface area contributed by atoms with Crippen molar-refractivity contribution in [3.05, 3.63) is 12.3 Å². The van der Waals surface area contributed by atoms with E-state index >= 15 is 0 Å². The van der Waals surface area contributed by atoms with Crippen LogP contribution in [0.2, 0.25) is 0 Å². The second-order valence-electron chi connectivity index (χ2n) is 6.25. The second-order valence-corrected chi connectivity index (χ2v) is 6.25. The van der Waals surface area contributed by atoms with Crippen molar-refractivity contribution in [2.45, 2.75) is 52.4 Å². The van der Waals surface area contributed by atoms with Crippen LogP contribution in [-0.2, 0) is 0 Å². The van der Waals surface area contributed by atoms with Crippen molar-refractivity contribution in [3.63, 3.8) is 0 Å². The summed E-state index contributed by atoms with van der Waals surface area (Å²) in [7, 11) is 1.96. The Labute approximate surface area is 114 Å². The SMILES string of the molecule is C=C(CN1CCC(CCCCC(C)C)CC1)NC. The molecule has 1 saturated heterocycles. The lowest BCUT2D eigenvalue weighted by molar-refractivity contribution is 0.187. The van der Waals surface area contributed by atoms with Crippen LogP contribution in [0.1, 0.15) is 52.4 Å². The van der Waals surface area contributed by atoms with E-state index in [-0.39, 0.29) is 0 Å². The zero-order valence-corrected chi connectivity index (χ0v) is 12.7. The number of likely N-dealkylation sites (tertiary alicyclic amines) is 1. The summed E-state index contributed by atoms with van der Waals surface area (Å²) < 4.78 is 0. The van der Waals surface area contributed by atoms with Crippen LogP contribution in [0.15, 0.2) is 12.3 Å². The van der Waals surface area contributed by atoms with Crippen molar-refractivity contribution in [3.8, 4) is 0 Å². The van der Waals surface area contributed by atoms with Crippen LogP contribution in [-0.4, -0.2) is 31.6 Å². The van der Waals surface area contributed by atoms with E-state index in [9.17, 15) is 0 Å². The Morgan fingerprint density at radius 3 is 2.50 bits per heavy atom. The molecule has 1 aliphatic rings. The van der Waals surface area contributed by atoms with Gasteiger partial charge in [-0.2, -0.15) is 0 Å². The first kappa shape index (κ1) is 15.6. The van der Waals surface area contributed by atoms with Crippen LogP contribution in [0.5, 0.6) is 0 Å². The van der Waals surface area contributed by atoms with Crippen molar-refractivity contribution in [2.24, 2.45) is 11.8 Å². The molecule has 1 fully saturated rings. The topological polar surface area (TPSA) is 15.3 Å². The number of nitrogens with one attached hydrogen (secondary N) is 1. The largest absolute Gasteiger partial charge is 0.391 e. The lowest BCUT2D eigenvalue weighted by atomic mass is 9.90. The molecule has 0 amide bonds. The summed E-state index contributed by atoms with van der Waals surface area (Å²) in [5, 5.41) is 3.14. The Morgan fingerprint density at radius 2 is 1.94 bits per heavy atom. The van der Waals surface area contributed by atoms with Gasteiger partial charge < -0.3 is 5.32 Å². The van der Waals surface area contributed by atoms with Gasteiger partial charge >= 0.3 is 0 Å². The average molecular weight is 252 g/mol. The third-order valence-electron chi connectivity index (χ3n) is 4.12. The fourth-order valence-corrected chi connectivity index (χ4v) is 2.77. The predicted molar refractivity (Wildman–Crippen MR) is 80.7 cm³/mol. The Hall–Kier alpha value is -0.500. The molecule has 1 aliphatic heterocycles. The minimum atomic E-state index is 0.874. The monoisotopic (exact) mass is 252 g/mol. The summed E-state index contributed by atoms with van der Waals surface area (Å²) in [4.78, 5) is 2.53. The zero-order valence-electron chi connectivity index (χ0n) is 12.7. The molecule has 18 heavy (non-hydrogen) atoms. The average Bonchev–Trinajstić information content (AvgIpc) is 2.36. The Morgan fingerprint density at radius 1 is 1.28 bits per heavy atom. The van der Waals surface area contributed by atoms with Gasteiger partial charge in [0.1, 0.15) is 0 Å². The van der Waals surface area contributed by atoms with Gasteiger partial charge in [0.25, 0.3) is 0 Å². The molecule has 0 aromatic carbocycles. The van der Waals surface area contributed by atoms with E-state index in [4.69, 9.17) is 0 Å². The van der Waals surface area contributed by atoms with Crippen molar-refractivity contribution < 1.29 is 0 Å². The minimum Gasteiger partial charge on any atom is -0.391 e. The van der Waals surface area contributed by atoms with Gasteiger partial charge in [-0.1, -0.05) is 46.1 Å². The Balaban J connectivity index is 2.06. The summed E-state index contributed by atoms with van der Waals surface area (Å²) >= 11 is 0. The quantitative estimate of drug-likeness (QED) is 0.663. The molecule has 0 spiro atoms. The summed E-state index contributed by atoms with van der Waals surface area (Å²) in [6.07, 6.45) is 8.49. The number of hydrogen-bond acceptors (Lipinski definition) is 2. The first-order valence-electron chi connectivity index (χ1n) is 7.69. The van der Waals surface area contributed by atoms with Crippen molar-refractivity contribution in [1.29, 1.82) is 0 Å². The van der Waals surface area contributed by atoms with E-state index in [1.54, 1.807) is 0 Å². The van der Waals surface area contributed by atoms with Crippen LogP contribution in [0.25, 0.3) is 0 Å². The third kappa shape index (κ3) is 6.44. The molecule has 2 nitrogen and oxygen atoms in total. The summed E-state index contributed by atoms with van der Waals surface area (Å²) in [6.45, 7) is 12.2. The van der Waals surface area contributed by atoms with Gasteiger partial charge in [0.15, 0.2) is 0 Å². The molecule has 0 saturated carbocycles. The highest BCUT2D eigenvalue weighted by molar-refractivity contribution is 4.93. The molecule has 1 heterocycles. The van der Waals surface area contributed by atoms with Crippen LogP contribution in [0.3, 0.4) is 0 Å². The standard InChI is InChI=1S/C16H32N2/c1-14(2)7-5-6-8-16-9-11-18(12-10-16)13-15(3)17-4/h14,16-17H,3,5-13H2,1-2,4H3. The van der Waals surface area contributed by atoms with Gasteiger partial charge in [0.05, 0.1) is 0 Å².